The number of nitrogens with zero attached hydrogens (tertiary/aromatic N) is 2. The number of aromatic nitrogens is 2. The molecule has 0 aliphatic carbocycles. The molecule has 8 nitrogen and oxygen atoms in total. The second-order valence-corrected chi connectivity index (χ2v) is 7.83. The van der Waals surface area contributed by atoms with Gasteiger partial charge in [0.15, 0.2) is 11.5 Å². The molecule has 3 aromatic rings. The van der Waals surface area contributed by atoms with Crippen LogP contribution in [-0.2, 0) is 16.6 Å². The number of hydrogen-bond acceptors (Lipinski definition) is 8. The number of sulfonamides is 1. The molecule has 3 heterocycles. The van der Waals surface area contributed by atoms with Gasteiger partial charge in [0, 0.05) is 6.07 Å². The maximum absolute atomic E-state index is 12.4. The van der Waals surface area contributed by atoms with Gasteiger partial charge in [-0.25, -0.2) is 13.1 Å². The molecule has 130 valence electrons. The number of benzene rings is 1. The van der Waals surface area contributed by atoms with Crippen LogP contribution in [0.15, 0.2) is 45.1 Å². The van der Waals surface area contributed by atoms with E-state index in [1.807, 2.05) is 17.5 Å². The lowest BCUT2D eigenvalue weighted by atomic mass is 10.3. The van der Waals surface area contributed by atoms with E-state index in [2.05, 4.69) is 14.9 Å². The minimum absolute atomic E-state index is 0.0785. The number of rotatable bonds is 5. The van der Waals surface area contributed by atoms with Crippen LogP contribution in [0.2, 0.25) is 0 Å². The predicted octanol–water partition coefficient (Wildman–Crippen LogP) is 2.05. The molecule has 0 bridgehead atoms. The molecule has 25 heavy (non-hydrogen) atoms. The van der Waals surface area contributed by atoms with E-state index in [0.717, 1.165) is 4.88 Å². The van der Waals surface area contributed by atoms with Crippen LogP contribution < -0.4 is 14.2 Å². The first-order valence-electron chi connectivity index (χ1n) is 7.38. The van der Waals surface area contributed by atoms with Gasteiger partial charge in [-0.05, 0) is 23.6 Å². The van der Waals surface area contributed by atoms with E-state index in [4.69, 9.17) is 14.0 Å². The topological polar surface area (TPSA) is 104 Å². The van der Waals surface area contributed by atoms with Gasteiger partial charge in [-0.15, -0.1) is 11.3 Å². The van der Waals surface area contributed by atoms with Gasteiger partial charge in [-0.2, -0.15) is 4.98 Å². The summed E-state index contributed by atoms with van der Waals surface area (Å²) in [6.07, 6.45) is 0. The zero-order valence-corrected chi connectivity index (χ0v) is 14.5. The number of fused-ring (bicyclic) bond motifs is 1. The Morgan fingerprint density at radius 3 is 2.80 bits per heavy atom. The average Bonchev–Trinajstić information content (AvgIpc) is 3.31. The quantitative estimate of drug-likeness (QED) is 0.723. The fourth-order valence-electron chi connectivity index (χ4n) is 2.26. The first-order valence-corrected chi connectivity index (χ1v) is 9.74. The second-order valence-electron chi connectivity index (χ2n) is 5.12. The van der Waals surface area contributed by atoms with Crippen molar-refractivity contribution in [1.82, 2.24) is 14.9 Å². The van der Waals surface area contributed by atoms with Crippen LogP contribution in [0.4, 0.5) is 0 Å². The largest absolute Gasteiger partial charge is 0.486 e. The Hall–Kier alpha value is -2.43. The molecule has 0 amide bonds. The van der Waals surface area contributed by atoms with Gasteiger partial charge in [0.1, 0.15) is 13.2 Å². The summed E-state index contributed by atoms with van der Waals surface area (Å²) < 4.78 is 43.2. The third kappa shape index (κ3) is 3.36. The van der Waals surface area contributed by atoms with Gasteiger partial charge in [0.25, 0.3) is 0 Å². The van der Waals surface area contributed by atoms with E-state index in [9.17, 15) is 8.42 Å². The highest BCUT2D eigenvalue weighted by molar-refractivity contribution is 7.89. The van der Waals surface area contributed by atoms with Gasteiger partial charge in [-0.1, -0.05) is 11.2 Å². The van der Waals surface area contributed by atoms with Crippen LogP contribution >= 0.6 is 11.3 Å². The summed E-state index contributed by atoms with van der Waals surface area (Å²) in [5.74, 6) is 1.56. The molecule has 2 aromatic heterocycles. The van der Waals surface area contributed by atoms with Gasteiger partial charge in [0.2, 0.25) is 21.7 Å². The van der Waals surface area contributed by atoms with Crippen LogP contribution in [0, 0.1) is 0 Å². The van der Waals surface area contributed by atoms with Gasteiger partial charge in [-0.3, -0.25) is 0 Å². The van der Waals surface area contributed by atoms with E-state index < -0.39 is 10.0 Å². The Balaban J connectivity index is 1.48. The Kier molecular flexibility index (Phi) is 4.15. The predicted molar refractivity (Wildman–Crippen MR) is 89.1 cm³/mol. The zero-order valence-electron chi connectivity index (χ0n) is 12.8. The third-order valence-corrected chi connectivity index (χ3v) is 5.71. The summed E-state index contributed by atoms with van der Waals surface area (Å²) in [5, 5.41) is 5.74. The van der Waals surface area contributed by atoms with Crippen molar-refractivity contribution in [2.75, 3.05) is 13.2 Å². The maximum atomic E-state index is 12.4. The monoisotopic (exact) mass is 379 g/mol. The van der Waals surface area contributed by atoms with Crippen molar-refractivity contribution in [1.29, 1.82) is 0 Å². The normalized spacial score (nSPS) is 13.8. The number of ether oxygens (including phenoxy) is 2. The van der Waals surface area contributed by atoms with Crippen molar-refractivity contribution in [2.24, 2.45) is 0 Å². The van der Waals surface area contributed by atoms with Gasteiger partial charge >= 0.3 is 0 Å². The highest BCUT2D eigenvalue weighted by Crippen LogP contribution is 2.32. The summed E-state index contributed by atoms with van der Waals surface area (Å²) in [5.41, 5.74) is 0. The SMILES string of the molecule is O=S(=O)(NCc1nc(-c2cccs2)no1)c1ccc2c(c1)OCCO2. The standard InChI is InChI=1S/C15H13N3O5S2/c19-25(20,10-3-4-11-12(8-10)22-6-5-21-11)16-9-14-17-15(18-23-14)13-2-1-7-24-13/h1-4,7-8,16H,5-6,9H2. The Morgan fingerprint density at radius 1 is 1.16 bits per heavy atom. The fraction of sp³-hybridized carbons (Fsp3) is 0.200. The average molecular weight is 379 g/mol. The van der Waals surface area contributed by atoms with Crippen LogP contribution in [0.3, 0.4) is 0 Å². The van der Waals surface area contributed by atoms with Crippen molar-refractivity contribution in [3.05, 3.63) is 41.6 Å². The Morgan fingerprint density at radius 2 is 2.00 bits per heavy atom. The van der Waals surface area contributed by atoms with E-state index in [1.165, 1.54) is 23.5 Å². The molecule has 0 atom stereocenters. The highest BCUT2D eigenvalue weighted by atomic mass is 32.2. The molecule has 1 N–H and O–H groups in total. The van der Waals surface area contributed by atoms with Crippen molar-refractivity contribution in [3.63, 3.8) is 0 Å². The first kappa shape index (κ1) is 16.1. The van der Waals surface area contributed by atoms with E-state index in [0.29, 0.717) is 30.5 Å². The Bertz CT molecular complexity index is 983. The van der Waals surface area contributed by atoms with Crippen molar-refractivity contribution >= 4 is 21.4 Å². The molecular formula is C15H13N3O5S2. The molecule has 1 aromatic carbocycles. The van der Waals surface area contributed by atoms with Crippen molar-refractivity contribution in [2.45, 2.75) is 11.4 Å². The molecule has 0 fully saturated rings. The molecule has 4 rings (SSSR count). The summed E-state index contributed by atoms with van der Waals surface area (Å²) in [7, 11) is -3.75. The number of hydrogen-bond donors (Lipinski definition) is 1. The van der Waals surface area contributed by atoms with E-state index in [1.54, 1.807) is 6.07 Å². The molecule has 0 unspecified atom stereocenters. The minimum Gasteiger partial charge on any atom is -0.486 e. The summed E-state index contributed by atoms with van der Waals surface area (Å²) >= 11 is 1.47. The zero-order chi connectivity index (χ0) is 17.3. The van der Waals surface area contributed by atoms with Gasteiger partial charge in [0.05, 0.1) is 16.3 Å². The van der Waals surface area contributed by atoms with Crippen LogP contribution in [0.5, 0.6) is 11.5 Å². The number of nitrogens with one attached hydrogen (secondary N) is 1. The summed E-state index contributed by atoms with van der Waals surface area (Å²) in [6.45, 7) is 0.730. The van der Waals surface area contributed by atoms with E-state index >= 15 is 0 Å². The van der Waals surface area contributed by atoms with Crippen molar-refractivity contribution < 1.29 is 22.4 Å². The number of thiophene rings is 1. The fourth-order valence-corrected chi connectivity index (χ4v) is 3.90. The molecule has 0 radical (unpaired) electrons. The Labute approximate surface area is 147 Å². The van der Waals surface area contributed by atoms with Crippen LogP contribution in [-0.4, -0.2) is 31.8 Å². The highest BCUT2D eigenvalue weighted by Gasteiger charge is 2.20. The maximum Gasteiger partial charge on any atom is 0.242 e. The lowest BCUT2D eigenvalue weighted by Crippen LogP contribution is -2.24. The smallest absolute Gasteiger partial charge is 0.242 e. The van der Waals surface area contributed by atoms with Crippen LogP contribution in [0.1, 0.15) is 5.89 Å². The molecule has 0 saturated carbocycles. The molecule has 1 aliphatic rings. The summed E-state index contributed by atoms with van der Waals surface area (Å²) in [6, 6.07) is 8.20. The third-order valence-electron chi connectivity index (χ3n) is 3.45. The minimum atomic E-state index is -3.75. The van der Waals surface area contributed by atoms with Crippen molar-refractivity contribution in [3.8, 4) is 22.2 Å². The second kappa shape index (κ2) is 6.47. The van der Waals surface area contributed by atoms with Crippen LogP contribution in [0.25, 0.3) is 10.7 Å². The lowest BCUT2D eigenvalue weighted by molar-refractivity contribution is 0.171. The molecule has 0 saturated heterocycles. The first-order chi connectivity index (χ1) is 12.1. The molecule has 0 spiro atoms. The molecular weight excluding hydrogens is 366 g/mol. The molecule has 10 heteroatoms. The van der Waals surface area contributed by atoms with Gasteiger partial charge < -0.3 is 14.0 Å². The molecule has 1 aliphatic heterocycles. The lowest BCUT2D eigenvalue weighted by Gasteiger charge is -2.18. The summed E-state index contributed by atoms with van der Waals surface area (Å²) in [4.78, 5) is 5.11. The van der Waals surface area contributed by atoms with E-state index in [-0.39, 0.29) is 17.3 Å².